The van der Waals surface area contributed by atoms with Gasteiger partial charge in [0.25, 0.3) is 0 Å². The normalized spacial score (nSPS) is 52.4. The fourth-order valence-electron chi connectivity index (χ4n) is 3.98. The summed E-state index contributed by atoms with van der Waals surface area (Å²) in [6.45, 7) is 0. The summed E-state index contributed by atoms with van der Waals surface area (Å²) < 4.78 is 0. The maximum atomic E-state index is 1.60. The summed E-state index contributed by atoms with van der Waals surface area (Å²) in [5.41, 5.74) is 0. The molecule has 4 aliphatic carbocycles. The predicted molar refractivity (Wildman–Crippen MR) is 47.4 cm³/mol. The van der Waals surface area contributed by atoms with Crippen LogP contribution in [0.2, 0.25) is 0 Å². The summed E-state index contributed by atoms with van der Waals surface area (Å²) in [5.74, 6) is 4.71. The van der Waals surface area contributed by atoms with Crippen molar-refractivity contribution in [1.29, 1.82) is 0 Å². The van der Waals surface area contributed by atoms with E-state index in [2.05, 4.69) is 0 Å². The van der Waals surface area contributed by atoms with Crippen molar-refractivity contribution < 1.29 is 0 Å². The van der Waals surface area contributed by atoms with E-state index in [1.54, 1.807) is 38.5 Å². The first-order valence-corrected chi connectivity index (χ1v) is 4.90. The first-order chi connectivity index (χ1) is 4.90. The average molecular weight is 224 g/mol. The molecule has 0 saturated heterocycles. The molecule has 0 spiro atoms. The van der Waals surface area contributed by atoms with Crippen LogP contribution in [-0.2, 0) is 0 Å². The smallest absolute Gasteiger partial charge is 0 e. The molecule has 0 aromatic heterocycles. The molecule has 4 aliphatic rings. The second-order valence-electron chi connectivity index (χ2n) is 4.88. The van der Waals surface area contributed by atoms with E-state index in [-0.39, 0.29) is 45.5 Å². The largest absolute Gasteiger partial charge is 0.0475 e. The van der Waals surface area contributed by atoms with E-state index in [1.165, 1.54) is 23.7 Å². The molecule has 4 rings (SSSR count). The molecule has 0 amide bonds. The fourth-order valence-corrected chi connectivity index (χ4v) is 3.98. The summed E-state index contributed by atoms with van der Waals surface area (Å²) in [6.07, 6.45) is 9.62. The molecule has 0 unspecified atom stereocenters. The standard InChI is InChI=1S/C10H16.Sr/c1-7-2-9-4-8(1)5-10(3-7)6-9;/h7-10H,1-6H2;. The van der Waals surface area contributed by atoms with Crippen molar-refractivity contribution >= 4 is 45.5 Å². The molecule has 2 radical (unpaired) electrons. The van der Waals surface area contributed by atoms with Crippen molar-refractivity contribution in [2.45, 2.75) is 38.5 Å². The van der Waals surface area contributed by atoms with Crippen molar-refractivity contribution in [3.8, 4) is 0 Å². The van der Waals surface area contributed by atoms with Crippen molar-refractivity contribution in [2.24, 2.45) is 23.7 Å². The van der Waals surface area contributed by atoms with Crippen LogP contribution in [-0.4, -0.2) is 45.5 Å². The van der Waals surface area contributed by atoms with Crippen LogP contribution in [0.3, 0.4) is 0 Å². The Kier molecular flexibility index (Phi) is 2.73. The number of hydrogen-bond donors (Lipinski definition) is 0. The SMILES string of the molecule is C1C2CC3CC1CC(C2)C3.[Sr]. The topological polar surface area (TPSA) is 0 Å². The molecule has 4 bridgehead atoms. The zero-order chi connectivity index (χ0) is 6.55. The van der Waals surface area contributed by atoms with E-state index in [9.17, 15) is 0 Å². The summed E-state index contributed by atoms with van der Waals surface area (Å²) in [5, 5.41) is 0. The third kappa shape index (κ3) is 1.59. The molecule has 0 aromatic rings. The molecule has 4 saturated carbocycles. The average Bonchev–Trinajstić information content (AvgIpc) is 1.82. The molecule has 58 valence electrons. The molecule has 1 heteroatoms. The molecule has 0 N–H and O–H groups in total. The van der Waals surface area contributed by atoms with Gasteiger partial charge < -0.3 is 0 Å². The van der Waals surface area contributed by atoms with Crippen LogP contribution in [0.4, 0.5) is 0 Å². The van der Waals surface area contributed by atoms with Crippen LogP contribution in [0.5, 0.6) is 0 Å². The molecule has 0 heterocycles. The Morgan fingerprint density at radius 3 is 0.818 bits per heavy atom. The Morgan fingerprint density at radius 1 is 0.455 bits per heavy atom. The first kappa shape index (κ1) is 9.05. The van der Waals surface area contributed by atoms with Crippen molar-refractivity contribution in [3.05, 3.63) is 0 Å². The minimum absolute atomic E-state index is 0. The minimum Gasteiger partial charge on any atom is -0.0475 e. The van der Waals surface area contributed by atoms with E-state index in [1.807, 2.05) is 0 Å². The molecule has 4 fully saturated rings. The van der Waals surface area contributed by atoms with Gasteiger partial charge in [0, 0.05) is 45.5 Å². The summed E-state index contributed by atoms with van der Waals surface area (Å²) in [4.78, 5) is 0. The quantitative estimate of drug-likeness (QED) is 0.554. The van der Waals surface area contributed by atoms with E-state index >= 15 is 0 Å². The van der Waals surface area contributed by atoms with Gasteiger partial charge in [-0.1, -0.05) is 0 Å². The Labute approximate surface area is 106 Å². The molecule has 0 aromatic carbocycles. The maximum absolute atomic E-state index is 1.60. The summed E-state index contributed by atoms with van der Waals surface area (Å²) >= 11 is 0. The molecule has 0 nitrogen and oxygen atoms in total. The molecule has 0 aliphatic heterocycles. The monoisotopic (exact) mass is 224 g/mol. The zero-order valence-corrected chi connectivity index (χ0v) is 10.7. The number of hydrogen-bond acceptors (Lipinski definition) is 0. The van der Waals surface area contributed by atoms with Gasteiger partial charge in [-0.15, -0.1) is 0 Å². The molecular formula is C10H16Sr. The van der Waals surface area contributed by atoms with Crippen LogP contribution < -0.4 is 0 Å². The molecule has 0 atom stereocenters. The van der Waals surface area contributed by atoms with Crippen molar-refractivity contribution in [3.63, 3.8) is 0 Å². The van der Waals surface area contributed by atoms with Gasteiger partial charge in [0.15, 0.2) is 0 Å². The Morgan fingerprint density at radius 2 is 0.636 bits per heavy atom. The van der Waals surface area contributed by atoms with E-state index in [0.29, 0.717) is 0 Å². The Hall–Kier alpha value is 1.48. The van der Waals surface area contributed by atoms with Gasteiger partial charge in [0.2, 0.25) is 0 Å². The molecular weight excluding hydrogens is 208 g/mol. The predicted octanol–water partition coefficient (Wildman–Crippen LogP) is 2.45. The van der Waals surface area contributed by atoms with E-state index in [0.717, 1.165) is 0 Å². The van der Waals surface area contributed by atoms with Crippen LogP contribution in [0.15, 0.2) is 0 Å². The van der Waals surface area contributed by atoms with E-state index < -0.39 is 0 Å². The maximum Gasteiger partial charge on any atom is 0 e. The number of rotatable bonds is 0. The van der Waals surface area contributed by atoms with Gasteiger partial charge >= 0.3 is 0 Å². The van der Waals surface area contributed by atoms with Gasteiger partial charge in [0.05, 0.1) is 0 Å². The Bertz CT molecular complexity index is 96.4. The van der Waals surface area contributed by atoms with Gasteiger partial charge in [-0.25, -0.2) is 0 Å². The summed E-state index contributed by atoms with van der Waals surface area (Å²) in [7, 11) is 0. The molecule has 11 heavy (non-hydrogen) atoms. The van der Waals surface area contributed by atoms with Crippen LogP contribution >= 0.6 is 0 Å². The van der Waals surface area contributed by atoms with Gasteiger partial charge in [-0.3, -0.25) is 0 Å². The zero-order valence-electron chi connectivity index (χ0n) is 7.26. The van der Waals surface area contributed by atoms with Gasteiger partial charge in [-0.2, -0.15) is 0 Å². The van der Waals surface area contributed by atoms with E-state index in [4.69, 9.17) is 0 Å². The van der Waals surface area contributed by atoms with Crippen LogP contribution in [0.25, 0.3) is 0 Å². The Balaban J connectivity index is 0.000000480. The van der Waals surface area contributed by atoms with Crippen LogP contribution in [0.1, 0.15) is 38.5 Å². The van der Waals surface area contributed by atoms with Crippen LogP contribution in [0, 0.1) is 23.7 Å². The second kappa shape index (κ2) is 3.32. The van der Waals surface area contributed by atoms with Crippen molar-refractivity contribution in [2.75, 3.05) is 0 Å². The van der Waals surface area contributed by atoms with Gasteiger partial charge in [0.1, 0.15) is 0 Å². The third-order valence-corrected chi connectivity index (χ3v) is 4.00. The second-order valence-corrected chi connectivity index (χ2v) is 4.88. The third-order valence-electron chi connectivity index (χ3n) is 4.00. The first-order valence-electron chi connectivity index (χ1n) is 4.90. The summed E-state index contributed by atoms with van der Waals surface area (Å²) in [6, 6.07) is 0. The van der Waals surface area contributed by atoms with Crippen molar-refractivity contribution in [1.82, 2.24) is 0 Å². The van der Waals surface area contributed by atoms with Gasteiger partial charge in [-0.05, 0) is 62.2 Å². The minimum atomic E-state index is 0. The fraction of sp³-hybridized carbons (Fsp3) is 1.00.